The minimum absolute atomic E-state index is 0.0162. The molecule has 0 radical (unpaired) electrons. The zero-order chi connectivity index (χ0) is 15.7. The Morgan fingerprint density at radius 1 is 1.09 bits per heavy atom. The van der Waals surface area contributed by atoms with E-state index in [9.17, 15) is 4.79 Å². The van der Waals surface area contributed by atoms with Crippen LogP contribution in [0.2, 0.25) is 0 Å². The Hall–Kier alpha value is -2.07. The first-order chi connectivity index (χ1) is 10.6. The van der Waals surface area contributed by atoms with Gasteiger partial charge in [0.25, 0.3) is 5.56 Å². The lowest BCUT2D eigenvalue weighted by atomic mass is 10.1. The van der Waals surface area contributed by atoms with E-state index in [4.69, 9.17) is 4.74 Å². The van der Waals surface area contributed by atoms with Crippen molar-refractivity contribution in [3.05, 3.63) is 74.5 Å². The first kappa shape index (κ1) is 14.9. The molecule has 1 heterocycles. The molecule has 0 spiro atoms. The van der Waals surface area contributed by atoms with Gasteiger partial charge in [-0.2, -0.15) is 0 Å². The van der Waals surface area contributed by atoms with Crippen LogP contribution in [0, 0.1) is 6.92 Å². The molecule has 112 valence electrons. The summed E-state index contributed by atoms with van der Waals surface area (Å²) in [5.41, 5.74) is 3.16. The zero-order valence-electron chi connectivity index (χ0n) is 12.5. The second kappa shape index (κ2) is 5.97. The first-order valence-electron chi connectivity index (χ1n) is 7.01. The molecule has 0 fully saturated rings. The fraction of sp³-hybridized carbons (Fsp3) is 0.167. The molecule has 0 bridgehead atoms. The molecule has 0 saturated heterocycles. The Labute approximate surface area is 137 Å². The van der Waals surface area contributed by atoms with Crippen LogP contribution in [0.25, 0.3) is 10.9 Å². The number of nitrogens with zero attached hydrogens (tertiary/aromatic N) is 1. The monoisotopic (exact) mass is 357 g/mol. The largest absolute Gasteiger partial charge is 0.495 e. The summed E-state index contributed by atoms with van der Waals surface area (Å²) in [6, 6.07) is 15.5. The molecule has 0 aliphatic heterocycles. The first-order valence-corrected chi connectivity index (χ1v) is 7.80. The van der Waals surface area contributed by atoms with Crippen molar-refractivity contribution < 1.29 is 4.74 Å². The number of halogens is 1. The Bertz CT molecular complexity index is 882. The van der Waals surface area contributed by atoms with Crippen molar-refractivity contribution in [2.24, 2.45) is 0 Å². The fourth-order valence-corrected chi connectivity index (χ4v) is 3.01. The Morgan fingerprint density at radius 2 is 1.82 bits per heavy atom. The molecule has 2 aromatic carbocycles. The maximum atomic E-state index is 12.3. The number of methoxy groups -OCH3 is 1. The number of hydrogen-bond donors (Lipinski definition) is 0. The fourth-order valence-electron chi connectivity index (χ4n) is 2.49. The smallest absolute Gasteiger partial charge is 0.251 e. The van der Waals surface area contributed by atoms with Gasteiger partial charge in [-0.05, 0) is 45.9 Å². The highest BCUT2D eigenvalue weighted by molar-refractivity contribution is 9.10. The highest BCUT2D eigenvalue weighted by Gasteiger charge is 2.08. The van der Waals surface area contributed by atoms with Gasteiger partial charge in [0.05, 0.1) is 23.6 Å². The van der Waals surface area contributed by atoms with E-state index in [0.29, 0.717) is 6.54 Å². The van der Waals surface area contributed by atoms with Crippen LogP contribution in [0.5, 0.6) is 5.75 Å². The lowest BCUT2D eigenvalue weighted by Gasteiger charge is -2.12. The third-order valence-electron chi connectivity index (χ3n) is 3.72. The van der Waals surface area contributed by atoms with Gasteiger partial charge in [0.1, 0.15) is 5.75 Å². The van der Waals surface area contributed by atoms with Gasteiger partial charge in [0.15, 0.2) is 0 Å². The summed E-state index contributed by atoms with van der Waals surface area (Å²) in [6.07, 6.45) is 0. The van der Waals surface area contributed by atoms with Gasteiger partial charge in [-0.3, -0.25) is 4.79 Å². The van der Waals surface area contributed by atoms with E-state index in [2.05, 4.69) is 47.1 Å². The van der Waals surface area contributed by atoms with Crippen molar-refractivity contribution >= 4 is 26.8 Å². The Morgan fingerprint density at radius 3 is 2.50 bits per heavy atom. The normalized spacial score (nSPS) is 10.9. The predicted octanol–water partition coefficient (Wildman–Crippen LogP) is 4.13. The topological polar surface area (TPSA) is 31.2 Å². The van der Waals surface area contributed by atoms with Gasteiger partial charge >= 0.3 is 0 Å². The van der Waals surface area contributed by atoms with Gasteiger partial charge in [-0.1, -0.05) is 29.8 Å². The van der Waals surface area contributed by atoms with Crippen molar-refractivity contribution in [3.8, 4) is 5.75 Å². The van der Waals surface area contributed by atoms with Crippen molar-refractivity contribution in [1.82, 2.24) is 4.57 Å². The molecule has 3 nitrogen and oxygen atoms in total. The average molecular weight is 358 g/mol. The van der Waals surface area contributed by atoms with Gasteiger partial charge in [-0.25, -0.2) is 0 Å². The molecule has 0 saturated carbocycles. The number of benzene rings is 2. The number of aromatic nitrogens is 1. The molecule has 0 N–H and O–H groups in total. The summed E-state index contributed by atoms with van der Waals surface area (Å²) in [5.74, 6) is 0.718. The van der Waals surface area contributed by atoms with Crippen LogP contribution in [0.15, 0.2) is 57.8 Å². The predicted molar refractivity (Wildman–Crippen MR) is 92.7 cm³/mol. The number of hydrogen-bond acceptors (Lipinski definition) is 2. The SMILES string of the molecule is COc1cc2c(ccc(=O)n2Cc2ccc(C)cc2)cc1Br. The van der Waals surface area contributed by atoms with E-state index in [1.807, 2.05) is 18.2 Å². The van der Waals surface area contributed by atoms with E-state index >= 15 is 0 Å². The highest BCUT2D eigenvalue weighted by Crippen LogP contribution is 2.29. The van der Waals surface area contributed by atoms with Crippen LogP contribution >= 0.6 is 15.9 Å². The number of fused-ring (bicyclic) bond motifs is 1. The second-order valence-corrected chi connectivity index (χ2v) is 6.14. The van der Waals surface area contributed by atoms with Crippen LogP contribution in [0.1, 0.15) is 11.1 Å². The molecule has 3 aromatic rings. The Balaban J connectivity index is 2.16. The van der Waals surface area contributed by atoms with Crippen molar-refractivity contribution in [2.45, 2.75) is 13.5 Å². The van der Waals surface area contributed by atoms with Crippen molar-refractivity contribution in [2.75, 3.05) is 7.11 Å². The van der Waals surface area contributed by atoms with Gasteiger partial charge < -0.3 is 9.30 Å². The molecule has 0 unspecified atom stereocenters. The van der Waals surface area contributed by atoms with E-state index in [1.54, 1.807) is 17.7 Å². The molecule has 22 heavy (non-hydrogen) atoms. The third-order valence-corrected chi connectivity index (χ3v) is 4.34. The van der Waals surface area contributed by atoms with Crippen LogP contribution in [-0.2, 0) is 6.54 Å². The molecule has 0 aliphatic rings. The van der Waals surface area contributed by atoms with E-state index < -0.39 is 0 Å². The second-order valence-electron chi connectivity index (χ2n) is 5.29. The number of pyridine rings is 1. The minimum atomic E-state index is -0.0162. The average Bonchev–Trinajstić information content (AvgIpc) is 2.52. The molecule has 0 atom stereocenters. The zero-order valence-corrected chi connectivity index (χ0v) is 14.1. The van der Waals surface area contributed by atoms with E-state index in [1.165, 1.54) is 5.56 Å². The van der Waals surface area contributed by atoms with E-state index in [0.717, 1.165) is 26.7 Å². The van der Waals surface area contributed by atoms with Gasteiger partial charge in [0, 0.05) is 12.1 Å². The van der Waals surface area contributed by atoms with Crippen LogP contribution in [0.4, 0.5) is 0 Å². The third kappa shape index (κ3) is 2.79. The summed E-state index contributed by atoms with van der Waals surface area (Å²) in [5, 5.41) is 0.999. The summed E-state index contributed by atoms with van der Waals surface area (Å²) in [7, 11) is 1.62. The molecule has 0 aliphatic carbocycles. The molecule has 0 amide bonds. The lowest BCUT2D eigenvalue weighted by molar-refractivity contribution is 0.412. The van der Waals surface area contributed by atoms with E-state index in [-0.39, 0.29) is 5.56 Å². The van der Waals surface area contributed by atoms with Crippen LogP contribution < -0.4 is 10.3 Å². The van der Waals surface area contributed by atoms with Gasteiger partial charge in [0.2, 0.25) is 0 Å². The number of ether oxygens (including phenoxy) is 1. The molecule has 1 aromatic heterocycles. The van der Waals surface area contributed by atoms with Crippen LogP contribution in [0.3, 0.4) is 0 Å². The van der Waals surface area contributed by atoms with Crippen molar-refractivity contribution in [1.29, 1.82) is 0 Å². The Kier molecular flexibility index (Phi) is 4.03. The summed E-state index contributed by atoms with van der Waals surface area (Å²) in [6.45, 7) is 2.59. The maximum Gasteiger partial charge on any atom is 0.251 e. The molecule has 3 rings (SSSR count). The molecule has 4 heteroatoms. The van der Waals surface area contributed by atoms with Gasteiger partial charge in [-0.15, -0.1) is 0 Å². The summed E-state index contributed by atoms with van der Waals surface area (Å²) < 4.78 is 8.00. The number of rotatable bonds is 3. The maximum absolute atomic E-state index is 12.3. The van der Waals surface area contributed by atoms with Crippen molar-refractivity contribution in [3.63, 3.8) is 0 Å². The minimum Gasteiger partial charge on any atom is -0.495 e. The molecular weight excluding hydrogens is 342 g/mol. The summed E-state index contributed by atoms with van der Waals surface area (Å²) >= 11 is 3.48. The summed E-state index contributed by atoms with van der Waals surface area (Å²) in [4.78, 5) is 12.3. The number of aryl methyl sites for hydroxylation is 1. The quantitative estimate of drug-likeness (QED) is 0.705. The standard InChI is InChI=1S/C18H16BrNO2/c1-12-3-5-13(6-4-12)11-20-16-10-17(22-2)15(19)9-14(16)7-8-18(20)21/h3-10H,11H2,1-2H3. The molecular formula is C18H16BrNO2. The van der Waals surface area contributed by atoms with Crippen LogP contribution in [-0.4, -0.2) is 11.7 Å². The lowest BCUT2D eigenvalue weighted by Crippen LogP contribution is -2.20. The highest BCUT2D eigenvalue weighted by atomic mass is 79.9.